The molecule has 0 spiro atoms. The van der Waals surface area contributed by atoms with Gasteiger partial charge in [-0.3, -0.25) is 4.68 Å². The molecule has 3 rings (SSSR count). The number of anilines is 1. The lowest BCUT2D eigenvalue weighted by atomic mass is 10.1. The maximum Gasteiger partial charge on any atom is 0.142 e. The van der Waals surface area contributed by atoms with E-state index in [-0.39, 0.29) is 5.02 Å². The number of hydrogen-bond acceptors (Lipinski definition) is 2. The van der Waals surface area contributed by atoms with E-state index in [0.717, 1.165) is 11.1 Å². The summed E-state index contributed by atoms with van der Waals surface area (Å²) < 4.78 is 15.1. The predicted molar refractivity (Wildman–Crippen MR) is 82.6 cm³/mol. The van der Waals surface area contributed by atoms with Crippen LogP contribution in [-0.4, -0.2) is 9.78 Å². The summed E-state index contributed by atoms with van der Waals surface area (Å²) in [6, 6.07) is 12.3. The van der Waals surface area contributed by atoms with Crippen molar-refractivity contribution in [1.29, 1.82) is 0 Å². The predicted octanol–water partition coefficient (Wildman–Crippen LogP) is 3.97. The fourth-order valence-corrected chi connectivity index (χ4v) is 2.38. The van der Waals surface area contributed by atoms with Crippen molar-refractivity contribution in [3.05, 3.63) is 71.3 Å². The van der Waals surface area contributed by atoms with Gasteiger partial charge in [0, 0.05) is 23.0 Å². The highest BCUT2D eigenvalue weighted by Gasteiger charge is 2.09. The molecule has 1 aromatic heterocycles. The van der Waals surface area contributed by atoms with Gasteiger partial charge in [0.25, 0.3) is 0 Å². The molecule has 106 valence electrons. The van der Waals surface area contributed by atoms with Gasteiger partial charge in [-0.2, -0.15) is 5.10 Å². The van der Waals surface area contributed by atoms with E-state index in [1.807, 2.05) is 30.5 Å². The first-order valence-corrected chi connectivity index (χ1v) is 6.83. The lowest BCUT2D eigenvalue weighted by molar-refractivity contribution is 0.620. The minimum atomic E-state index is -0.422. The molecule has 0 saturated carbocycles. The van der Waals surface area contributed by atoms with Crippen LogP contribution in [0.2, 0.25) is 5.02 Å². The Morgan fingerprint density at radius 2 is 1.95 bits per heavy atom. The van der Waals surface area contributed by atoms with Crippen LogP contribution in [-0.2, 0) is 6.54 Å². The van der Waals surface area contributed by atoms with Gasteiger partial charge in [-0.15, -0.1) is 0 Å². The molecule has 0 saturated heterocycles. The number of hydrogen-bond donors (Lipinski definition) is 1. The van der Waals surface area contributed by atoms with Gasteiger partial charge in [0.1, 0.15) is 5.82 Å². The van der Waals surface area contributed by atoms with Crippen molar-refractivity contribution < 1.29 is 4.39 Å². The van der Waals surface area contributed by atoms with Gasteiger partial charge >= 0.3 is 0 Å². The van der Waals surface area contributed by atoms with Crippen molar-refractivity contribution in [1.82, 2.24) is 9.78 Å². The number of nitrogens with two attached hydrogens (primary N) is 1. The van der Waals surface area contributed by atoms with E-state index in [1.54, 1.807) is 23.0 Å². The molecule has 0 aliphatic heterocycles. The molecule has 0 aliphatic carbocycles. The Labute approximate surface area is 126 Å². The zero-order valence-electron chi connectivity index (χ0n) is 11.1. The Bertz CT molecular complexity index is 783. The lowest BCUT2D eigenvalue weighted by Gasteiger charge is -2.05. The van der Waals surface area contributed by atoms with Crippen molar-refractivity contribution in [3.63, 3.8) is 0 Å². The summed E-state index contributed by atoms with van der Waals surface area (Å²) in [5.41, 5.74) is 9.18. The molecule has 5 heteroatoms. The molecule has 3 nitrogen and oxygen atoms in total. The average molecular weight is 302 g/mol. The smallest absolute Gasteiger partial charge is 0.142 e. The molecular formula is C16H13ClFN3. The number of para-hydroxylation sites is 1. The molecule has 0 radical (unpaired) electrons. The Morgan fingerprint density at radius 3 is 2.76 bits per heavy atom. The number of aromatic nitrogens is 2. The van der Waals surface area contributed by atoms with Crippen molar-refractivity contribution in [3.8, 4) is 11.1 Å². The van der Waals surface area contributed by atoms with Crippen LogP contribution in [0.3, 0.4) is 0 Å². The zero-order valence-corrected chi connectivity index (χ0v) is 11.9. The summed E-state index contributed by atoms with van der Waals surface area (Å²) >= 11 is 5.96. The van der Waals surface area contributed by atoms with Gasteiger partial charge in [0.05, 0.1) is 17.8 Å². The average Bonchev–Trinajstić information content (AvgIpc) is 2.93. The molecule has 0 atom stereocenters. The van der Waals surface area contributed by atoms with Crippen LogP contribution >= 0.6 is 11.6 Å². The molecular weight excluding hydrogens is 289 g/mol. The summed E-state index contributed by atoms with van der Waals surface area (Å²) in [6.07, 6.45) is 3.60. The fourth-order valence-electron chi connectivity index (χ4n) is 2.19. The van der Waals surface area contributed by atoms with E-state index in [0.29, 0.717) is 17.8 Å². The van der Waals surface area contributed by atoms with Crippen LogP contribution in [0.4, 0.5) is 10.1 Å². The number of nitrogens with zero attached hydrogens (tertiary/aromatic N) is 2. The first-order valence-electron chi connectivity index (χ1n) is 6.45. The highest BCUT2D eigenvalue weighted by molar-refractivity contribution is 6.31. The molecule has 0 amide bonds. The molecule has 0 bridgehead atoms. The summed E-state index contributed by atoms with van der Waals surface area (Å²) in [7, 11) is 0. The van der Waals surface area contributed by atoms with E-state index >= 15 is 0 Å². The van der Waals surface area contributed by atoms with Crippen molar-refractivity contribution >= 4 is 17.3 Å². The van der Waals surface area contributed by atoms with E-state index in [1.165, 1.54) is 6.07 Å². The lowest BCUT2D eigenvalue weighted by Crippen LogP contribution is -2.01. The topological polar surface area (TPSA) is 43.8 Å². The van der Waals surface area contributed by atoms with Crippen molar-refractivity contribution in [2.75, 3.05) is 5.73 Å². The largest absolute Gasteiger partial charge is 0.398 e. The van der Waals surface area contributed by atoms with Gasteiger partial charge in [-0.25, -0.2) is 4.39 Å². The minimum Gasteiger partial charge on any atom is -0.398 e. The standard InChI is InChI=1S/C16H13ClFN3/c17-16-11(4-3-6-14(16)18)9-21-10-12(8-20-21)13-5-1-2-7-15(13)19/h1-8,10H,9,19H2. The van der Waals surface area contributed by atoms with Gasteiger partial charge in [-0.1, -0.05) is 41.9 Å². The fraction of sp³-hybridized carbons (Fsp3) is 0.0625. The number of nitrogen functional groups attached to an aromatic ring is 1. The third kappa shape index (κ3) is 2.76. The zero-order chi connectivity index (χ0) is 14.8. The van der Waals surface area contributed by atoms with Crippen molar-refractivity contribution in [2.45, 2.75) is 6.54 Å². The third-order valence-corrected chi connectivity index (χ3v) is 3.69. The van der Waals surface area contributed by atoms with Crippen LogP contribution in [0.25, 0.3) is 11.1 Å². The number of halogens is 2. The second kappa shape index (κ2) is 5.58. The normalized spacial score (nSPS) is 10.8. The highest BCUT2D eigenvalue weighted by Crippen LogP contribution is 2.26. The van der Waals surface area contributed by atoms with Crippen LogP contribution in [0.15, 0.2) is 54.9 Å². The Hall–Kier alpha value is -2.33. The molecule has 1 heterocycles. The first-order chi connectivity index (χ1) is 10.1. The van der Waals surface area contributed by atoms with Crippen LogP contribution in [0.5, 0.6) is 0 Å². The van der Waals surface area contributed by atoms with E-state index in [9.17, 15) is 4.39 Å². The van der Waals surface area contributed by atoms with Crippen LogP contribution < -0.4 is 5.73 Å². The van der Waals surface area contributed by atoms with Gasteiger partial charge in [0.2, 0.25) is 0 Å². The Balaban J connectivity index is 1.89. The molecule has 21 heavy (non-hydrogen) atoms. The summed E-state index contributed by atoms with van der Waals surface area (Å²) in [5, 5.41) is 4.41. The Morgan fingerprint density at radius 1 is 1.14 bits per heavy atom. The second-order valence-corrected chi connectivity index (χ2v) is 5.10. The Kier molecular flexibility index (Phi) is 3.62. The van der Waals surface area contributed by atoms with E-state index < -0.39 is 5.82 Å². The quantitative estimate of drug-likeness (QED) is 0.744. The van der Waals surface area contributed by atoms with Gasteiger partial charge in [-0.05, 0) is 17.7 Å². The third-order valence-electron chi connectivity index (χ3n) is 3.27. The second-order valence-electron chi connectivity index (χ2n) is 4.73. The van der Waals surface area contributed by atoms with Crippen LogP contribution in [0.1, 0.15) is 5.56 Å². The maximum atomic E-state index is 13.4. The summed E-state index contributed by atoms with van der Waals surface area (Å²) in [4.78, 5) is 0. The maximum absolute atomic E-state index is 13.4. The molecule has 0 unspecified atom stereocenters. The highest BCUT2D eigenvalue weighted by atomic mass is 35.5. The molecule has 2 N–H and O–H groups in total. The summed E-state index contributed by atoms with van der Waals surface area (Å²) in [5.74, 6) is -0.422. The molecule has 2 aromatic carbocycles. The van der Waals surface area contributed by atoms with Crippen molar-refractivity contribution in [2.24, 2.45) is 0 Å². The summed E-state index contributed by atoms with van der Waals surface area (Å²) in [6.45, 7) is 0.406. The SMILES string of the molecule is Nc1ccccc1-c1cnn(Cc2cccc(F)c2Cl)c1. The van der Waals surface area contributed by atoms with Crippen LogP contribution in [0, 0.1) is 5.82 Å². The monoisotopic (exact) mass is 301 g/mol. The first kappa shape index (κ1) is 13.6. The molecule has 0 fully saturated rings. The van der Waals surface area contributed by atoms with E-state index in [4.69, 9.17) is 17.3 Å². The number of benzene rings is 2. The minimum absolute atomic E-state index is 0.133. The molecule has 3 aromatic rings. The van der Waals surface area contributed by atoms with Gasteiger partial charge in [0.15, 0.2) is 0 Å². The van der Waals surface area contributed by atoms with E-state index in [2.05, 4.69) is 5.10 Å². The number of rotatable bonds is 3. The van der Waals surface area contributed by atoms with Gasteiger partial charge < -0.3 is 5.73 Å². The molecule has 0 aliphatic rings.